The van der Waals surface area contributed by atoms with Crippen LogP contribution in [0.25, 0.3) is 0 Å². The summed E-state index contributed by atoms with van der Waals surface area (Å²) in [6, 6.07) is 5.62. The largest absolute Gasteiger partial charge is 0.416 e. The van der Waals surface area contributed by atoms with Crippen LogP contribution in [0.5, 0.6) is 0 Å². The Labute approximate surface area is 132 Å². The van der Waals surface area contributed by atoms with E-state index < -0.39 is 17.1 Å². The lowest BCUT2D eigenvalue weighted by molar-refractivity contribution is -0.140. The summed E-state index contributed by atoms with van der Waals surface area (Å²) in [7, 11) is 0. The van der Waals surface area contributed by atoms with Crippen molar-refractivity contribution in [2.75, 3.05) is 12.3 Å². The van der Waals surface area contributed by atoms with Gasteiger partial charge in [0.25, 0.3) is 0 Å². The third kappa shape index (κ3) is 2.98. The number of hydrogen-bond donors (Lipinski definition) is 0. The van der Waals surface area contributed by atoms with Crippen LogP contribution in [0.1, 0.15) is 42.2 Å². The number of hydrogen-bond acceptors (Lipinski definition) is 2. The molecule has 1 aliphatic carbocycles. The zero-order valence-corrected chi connectivity index (χ0v) is 12.9. The summed E-state index contributed by atoms with van der Waals surface area (Å²) in [4.78, 5) is 14.3. The molecule has 120 valence electrons. The van der Waals surface area contributed by atoms with E-state index in [2.05, 4.69) is 0 Å². The molecule has 1 aliphatic heterocycles. The van der Waals surface area contributed by atoms with Gasteiger partial charge >= 0.3 is 6.18 Å². The Morgan fingerprint density at radius 3 is 2.55 bits per heavy atom. The smallest absolute Gasteiger partial charge is 0.325 e. The van der Waals surface area contributed by atoms with Gasteiger partial charge in [0.15, 0.2) is 0 Å². The maximum absolute atomic E-state index is 13.2. The maximum Gasteiger partial charge on any atom is 0.416 e. The van der Waals surface area contributed by atoms with E-state index in [4.69, 9.17) is 0 Å². The zero-order chi connectivity index (χ0) is 15.7. The minimum atomic E-state index is -4.39. The minimum Gasteiger partial charge on any atom is -0.325 e. The van der Waals surface area contributed by atoms with Crippen molar-refractivity contribution in [3.05, 3.63) is 35.4 Å². The number of rotatable bonds is 2. The lowest BCUT2D eigenvalue weighted by Crippen LogP contribution is -2.35. The molecule has 1 atom stereocenters. The summed E-state index contributed by atoms with van der Waals surface area (Å²) in [6.45, 7) is 0.539. The fraction of sp³-hybridized carbons (Fsp3) is 0.562. The zero-order valence-electron chi connectivity index (χ0n) is 12.1. The van der Waals surface area contributed by atoms with E-state index in [-0.39, 0.29) is 17.4 Å². The number of amides is 1. The Bertz CT molecular complexity index is 555. The predicted molar refractivity (Wildman–Crippen MR) is 80.3 cm³/mol. The Morgan fingerprint density at radius 2 is 1.86 bits per heavy atom. The SMILES string of the molecule is O=C(C1CCCC1)N1CCSC1c1ccccc1C(F)(F)F. The maximum atomic E-state index is 13.2. The molecule has 0 spiro atoms. The molecule has 0 bridgehead atoms. The molecule has 0 aromatic heterocycles. The van der Waals surface area contributed by atoms with E-state index in [1.165, 1.54) is 23.9 Å². The molecular formula is C16H18F3NOS. The Morgan fingerprint density at radius 1 is 1.18 bits per heavy atom. The summed E-state index contributed by atoms with van der Waals surface area (Å²) in [5.74, 6) is 0.721. The third-order valence-electron chi connectivity index (χ3n) is 4.41. The molecule has 1 heterocycles. The highest BCUT2D eigenvalue weighted by Gasteiger charge is 2.40. The second-order valence-corrected chi connectivity index (χ2v) is 7.01. The Balaban J connectivity index is 1.89. The van der Waals surface area contributed by atoms with Gasteiger partial charge in [0, 0.05) is 18.2 Å². The predicted octanol–water partition coefficient (Wildman–Crippen LogP) is 4.47. The normalized spacial score (nSPS) is 23.2. The van der Waals surface area contributed by atoms with Crippen molar-refractivity contribution in [2.24, 2.45) is 5.92 Å². The molecule has 2 fully saturated rings. The van der Waals surface area contributed by atoms with Crippen LogP contribution >= 0.6 is 11.8 Å². The molecule has 3 rings (SSSR count). The van der Waals surface area contributed by atoms with E-state index in [0.717, 1.165) is 31.7 Å². The van der Waals surface area contributed by atoms with Gasteiger partial charge in [-0.1, -0.05) is 31.0 Å². The number of carbonyl (C=O) groups is 1. The number of nitrogens with zero attached hydrogens (tertiary/aromatic N) is 1. The molecule has 1 amide bonds. The molecular weight excluding hydrogens is 311 g/mol. The van der Waals surface area contributed by atoms with Gasteiger partial charge in [-0.05, 0) is 24.5 Å². The Kier molecular flexibility index (Phi) is 4.39. The standard InChI is InChI=1S/C16H18F3NOS/c17-16(18,19)13-8-4-3-7-12(13)15-20(9-10-22-15)14(21)11-5-1-2-6-11/h3-4,7-8,11,15H,1-2,5-6,9-10H2. The fourth-order valence-electron chi connectivity index (χ4n) is 3.33. The Hall–Kier alpha value is -1.17. The van der Waals surface area contributed by atoms with Gasteiger partial charge in [-0.3, -0.25) is 4.79 Å². The molecule has 22 heavy (non-hydrogen) atoms. The summed E-state index contributed by atoms with van der Waals surface area (Å²) in [5.41, 5.74) is -0.414. The minimum absolute atomic E-state index is 0.000695. The van der Waals surface area contributed by atoms with Gasteiger partial charge in [0.05, 0.1) is 5.56 Å². The number of thioether (sulfide) groups is 1. The first-order chi connectivity index (χ1) is 10.5. The highest BCUT2D eigenvalue weighted by Crippen LogP contribution is 2.45. The van der Waals surface area contributed by atoms with E-state index in [1.807, 2.05) is 0 Å². The lowest BCUT2D eigenvalue weighted by Gasteiger charge is -2.28. The summed E-state index contributed by atoms with van der Waals surface area (Å²) in [6.07, 6.45) is -0.564. The first-order valence-electron chi connectivity index (χ1n) is 7.56. The van der Waals surface area contributed by atoms with E-state index >= 15 is 0 Å². The van der Waals surface area contributed by atoms with Crippen molar-refractivity contribution in [3.8, 4) is 0 Å². The molecule has 1 aromatic rings. The van der Waals surface area contributed by atoms with Gasteiger partial charge in [-0.25, -0.2) is 0 Å². The molecule has 6 heteroatoms. The highest BCUT2D eigenvalue weighted by atomic mass is 32.2. The highest BCUT2D eigenvalue weighted by molar-refractivity contribution is 7.99. The lowest BCUT2D eigenvalue weighted by atomic mass is 10.0. The van der Waals surface area contributed by atoms with Crippen LogP contribution < -0.4 is 0 Å². The van der Waals surface area contributed by atoms with Crippen molar-refractivity contribution in [1.82, 2.24) is 4.90 Å². The van der Waals surface area contributed by atoms with Gasteiger partial charge in [0.1, 0.15) is 5.37 Å². The molecule has 2 nitrogen and oxygen atoms in total. The quantitative estimate of drug-likeness (QED) is 0.798. The van der Waals surface area contributed by atoms with Gasteiger partial charge in [-0.2, -0.15) is 13.2 Å². The van der Waals surface area contributed by atoms with Crippen LogP contribution in [0.15, 0.2) is 24.3 Å². The van der Waals surface area contributed by atoms with Crippen molar-refractivity contribution in [1.29, 1.82) is 0 Å². The van der Waals surface area contributed by atoms with E-state index in [1.54, 1.807) is 11.0 Å². The molecule has 0 N–H and O–H groups in total. The van der Waals surface area contributed by atoms with Gasteiger partial charge in [-0.15, -0.1) is 11.8 Å². The van der Waals surface area contributed by atoms with Crippen LogP contribution in [0, 0.1) is 5.92 Å². The first kappa shape index (κ1) is 15.7. The molecule has 2 aliphatic rings. The average Bonchev–Trinajstić information content (AvgIpc) is 3.17. The molecule has 1 unspecified atom stereocenters. The fourth-order valence-corrected chi connectivity index (χ4v) is 4.63. The number of carbonyl (C=O) groups excluding carboxylic acids is 1. The van der Waals surface area contributed by atoms with Crippen LogP contribution in [0.3, 0.4) is 0 Å². The van der Waals surface area contributed by atoms with Crippen molar-refractivity contribution >= 4 is 17.7 Å². The van der Waals surface area contributed by atoms with Crippen LogP contribution in [0.4, 0.5) is 13.2 Å². The second kappa shape index (κ2) is 6.14. The summed E-state index contributed by atoms with van der Waals surface area (Å²) in [5, 5.41) is -0.508. The molecule has 1 saturated heterocycles. The second-order valence-electron chi connectivity index (χ2n) is 5.82. The topological polar surface area (TPSA) is 20.3 Å². The first-order valence-corrected chi connectivity index (χ1v) is 8.61. The van der Waals surface area contributed by atoms with Crippen molar-refractivity contribution in [2.45, 2.75) is 37.2 Å². The monoisotopic (exact) mass is 329 g/mol. The van der Waals surface area contributed by atoms with Gasteiger partial charge < -0.3 is 4.90 Å². The number of alkyl halides is 3. The van der Waals surface area contributed by atoms with Crippen LogP contribution in [-0.4, -0.2) is 23.1 Å². The van der Waals surface area contributed by atoms with Gasteiger partial charge in [0.2, 0.25) is 5.91 Å². The van der Waals surface area contributed by atoms with Crippen LogP contribution in [0.2, 0.25) is 0 Å². The summed E-state index contributed by atoms with van der Waals surface area (Å²) < 4.78 is 39.7. The van der Waals surface area contributed by atoms with Crippen molar-refractivity contribution in [3.63, 3.8) is 0 Å². The number of benzene rings is 1. The summed E-state index contributed by atoms with van der Waals surface area (Å²) >= 11 is 1.43. The number of halogens is 3. The van der Waals surface area contributed by atoms with Crippen molar-refractivity contribution < 1.29 is 18.0 Å². The average molecular weight is 329 g/mol. The molecule has 0 radical (unpaired) electrons. The third-order valence-corrected chi connectivity index (χ3v) is 5.65. The van der Waals surface area contributed by atoms with E-state index in [9.17, 15) is 18.0 Å². The molecule has 1 aromatic carbocycles. The molecule has 1 saturated carbocycles. The van der Waals surface area contributed by atoms with Crippen LogP contribution in [-0.2, 0) is 11.0 Å². The van der Waals surface area contributed by atoms with E-state index in [0.29, 0.717) is 12.3 Å².